The first kappa shape index (κ1) is 16.2. The number of likely N-dealkylation sites (N-methyl/N-ethyl adjacent to an activating group) is 1. The van der Waals surface area contributed by atoms with Crippen molar-refractivity contribution < 1.29 is 19.0 Å². The van der Waals surface area contributed by atoms with Gasteiger partial charge in [-0.15, -0.1) is 0 Å². The van der Waals surface area contributed by atoms with E-state index in [9.17, 15) is 4.79 Å². The maximum Gasteiger partial charge on any atom is 0.234 e. The minimum Gasteiger partial charge on any atom is -0.493 e. The second-order valence-electron chi connectivity index (χ2n) is 5.71. The molecule has 1 atom stereocenters. The van der Waals surface area contributed by atoms with Gasteiger partial charge in [-0.3, -0.25) is 4.79 Å². The number of hydrogen-bond acceptors (Lipinski definition) is 4. The summed E-state index contributed by atoms with van der Waals surface area (Å²) in [7, 11) is 6.57. The smallest absolute Gasteiger partial charge is 0.234 e. The molecular formula is C19H21NO4. The molecule has 3 rings (SSSR count). The molecule has 0 spiro atoms. The Morgan fingerprint density at radius 1 is 0.958 bits per heavy atom. The number of anilines is 1. The number of rotatable bonds is 5. The average Bonchev–Trinajstić information content (AvgIpc) is 2.86. The van der Waals surface area contributed by atoms with Crippen LogP contribution >= 0.6 is 0 Å². The molecule has 1 heterocycles. The molecule has 0 saturated carbocycles. The summed E-state index contributed by atoms with van der Waals surface area (Å²) in [5.41, 5.74) is 2.92. The van der Waals surface area contributed by atoms with E-state index in [1.165, 1.54) is 0 Å². The van der Waals surface area contributed by atoms with Crippen molar-refractivity contribution in [2.75, 3.05) is 33.3 Å². The number of nitrogens with zero attached hydrogens (tertiary/aromatic N) is 1. The first-order valence-electron chi connectivity index (χ1n) is 7.76. The Morgan fingerprint density at radius 2 is 1.67 bits per heavy atom. The Hall–Kier alpha value is -2.69. The van der Waals surface area contributed by atoms with E-state index in [4.69, 9.17) is 14.2 Å². The lowest BCUT2D eigenvalue weighted by Crippen LogP contribution is -2.25. The van der Waals surface area contributed by atoms with Gasteiger partial charge in [0.05, 0.1) is 27.2 Å². The zero-order valence-corrected chi connectivity index (χ0v) is 14.3. The minimum absolute atomic E-state index is 0.0908. The zero-order valence-electron chi connectivity index (χ0n) is 14.3. The minimum atomic E-state index is -0.224. The van der Waals surface area contributed by atoms with Crippen LogP contribution in [0, 0.1) is 0 Å². The normalized spacial score (nSPS) is 16.1. The van der Waals surface area contributed by atoms with Gasteiger partial charge in [-0.2, -0.15) is 0 Å². The highest BCUT2D eigenvalue weighted by Gasteiger charge is 2.35. The third kappa shape index (κ3) is 2.46. The van der Waals surface area contributed by atoms with Crippen LogP contribution in [0.3, 0.4) is 0 Å². The van der Waals surface area contributed by atoms with Crippen LogP contribution in [0.15, 0.2) is 36.4 Å². The lowest BCUT2D eigenvalue weighted by atomic mass is 9.92. The molecule has 0 aliphatic carbocycles. The van der Waals surface area contributed by atoms with Gasteiger partial charge in [-0.1, -0.05) is 24.3 Å². The molecule has 5 nitrogen and oxygen atoms in total. The predicted molar refractivity (Wildman–Crippen MR) is 92.4 cm³/mol. The van der Waals surface area contributed by atoms with Gasteiger partial charge in [0.1, 0.15) is 0 Å². The van der Waals surface area contributed by atoms with Crippen LogP contribution in [0.5, 0.6) is 17.2 Å². The number of carbonyl (C=O) groups is 1. The van der Waals surface area contributed by atoms with E-state index >= 15 is 0 Å². The summed E-state index contributed by atoms with van der Waals surface area (Å²) in [5.74, 6) is 1.63. The van der Waals surface area contributed by atoms with Crippen LogP contribution in [-0.2, 0) is 11.2 Å². The Labute approximate surface area is 141 Å². The van der Waals surface area contributed by atoms with Crippen molar-refractivity contribution >= 4 is 11.6 Å². The quantitative estimate of drug-likeness (QED) is 0.847. The molecule has 0 fully saturated rings. The van der Waals surface area contributed by atoms with Crippen LogP contribution in [0.1, 0.15) is 17.0 Å². The molecule has 126 valence electrons. The van der Waals surface area contributed by atoms with E-state index in [2.05, 4.69) is 0 Å². The standard InChI is InChI=1S/C19H21NO4/c1-20-15-8-6-5-7-13(15)14(19(20)21)11-12-9-10-16(22-2)18(24-4)17(12)23-3/h5-10,14H,11H2,1-4H3. The maximum absolute atomic E-state index is 12.7. The summed E-state index contributed by atoms with van der Waals surface area (Å²) < 4.78 is 16.3. The number of methoxy groups -OCH3 is 3. The van der Waals surface area contributed by atoms with Gasteiger partial charge >= 0.3 is 0 Å². The SMILES string of the molecule is COc1ccc(CC2C(=O)N(C)c3ccccc32)c(OC)c1OC. The molecule has 2 aromatic carbocycles. The van der Waals surface area contributed by atoms with E-state index in [0.29, 0.717) is 23.7 Å². The van der Waals surface area contributed by atoms with E-state index < -0.39 is 0 Å². The van der Waals surface area contributed by atoms with E-state index in [1.807, 2.05) is 43.4 Å². The zero-order chi connectivity index (χ0) is 17.3. The fourth-order valence-electron chi connectivity index (χ4n) is 3.31. The highest BCUT2D eigenvalue weighted by atomic mass is 16.5. The summed E-state index contributed by atoms with van der Waals surface area (Å²) in [6, 6.07) is 11.7. The molecule has 0 N–H and O–H groups in total. The molecule has 24 heavy (non-hydrogen) atoms. The Bertz CT molecular complexity index is 772. The second-order valence-corrected chi connectivity index (χ2v) is 5.71. The molecule has 0 radical (unpaired) electrons. The Kier molecular flexibility index (Phi) is 4.34. The monoisotopic (exact) mass is 327 g/mol. The van der Waals surface area contributed by atoms with Crippen molar-refractivity contribution in [3.63, 3.8) is 0 Å². The molecule has 0 aromatic heterocycles. The average molecular weight is 327 g/mol. The third-order valence-corrected chi connectivity index (χ3v) is 4.51. The van der Waals surface area contributed by atoms with Gasteiger partial charge in [0.2, 0.25) is 11.7 Å². The van der Waals surface area contributed by atoms with Crippen molar-refractivity contribution in [3.8, 4) is 17.2 Å². The summed E-state index contributed by atoms with van der Waals surface area (Å²) in [6.07, 6.45) is 0.545. The topological polar surface area (TPSA) is 48.0 Å². The van der Waals surface area contributed by atoms with Gasteiger partial charge in [0, 0.05) is 12.7 Å². The molecular weight excluding hydrogens is 306 g/mol. The first-order chi connectivity index (χ1) is 11.6. The molecule has 1 aliphatic heterocycles. The Morgan fingerprint density at radius 3 is 2.33 bits per heavy atom. The van der Waals surface area contributed by atoms with Crippen LogP contribution in [0.25, 0.3) is 0 Å². The fraction of sp³-hybridized carbons (Fsp3) is 0.316. The van der Waals surface area contributed by atoms with Crippen molar-refractivity contribution in [1.82, 2.24) is 0 Å². The van der Waals surface area contributed by atoms with Crippen LogP contribution < -0.4 is 19.1 Å². The van der Waals surface area contributed by atoms with Crippen molar-refractivity contribution in [3.05, 3.63) is 47.5 Å². The van der Waals surface area contributed by atoms with Gasteiger partial charge in [0.25, 0.3) is 0 Å². The predicted octanol–water partition coefficient (Wildman–Crippen LogP) is 3.02. The van der Waals surface area contributed by atoms with Crippen LogP contribution in [0.4, 0.5) is 5.69 Å². The number of para-hydroxylation sites is 1. The second kappa shape index (κ2) is 6.43. The fourth-order valence-corrected chi connectivity index (χ4v) is 3.31. The van der Waals surface area contributed by atoms with Gasteiger partial charge in [0.15, 0.2) is 11.5 Å². The first-order valence-corrected chi connectivity index (χ1v) is 7.76. The number of benzene rings is 2. The highest BCUT2D eigenvalue weighted by molar-refractivity contribution is 6.04. The van der Waals surface area contributed by atoms with Crippen LogP contribution in [0.2, 0.25) is 0 Å². The van der Waals surface area contributed by atoms with Crippen LogP contribution in [-0.4, -0.2) is 34.3 Å². The van der Waals surface area contributed by atoms with Crippen molar-refractivity contribution in [2.45, 2.75) is 12.3 Å². The molecule has 0 saturated heterocycles. The summed E-state index contributed by atoms with van der Waals surface area (Å²) in [6.45, 7) is 0. The molecule has 2 aromatic rings. The van der Waals surface area contributed by atoms with E-state index in [1.54, 1.807) is 26.2 Å². The largest absolute Gasteiger partial charge is 0.493 e. The molecule has 1 unspecified atom stereocenters. The lowest BCUT2D eigenvalue weighted by molar-refractivity contribution is -0.119. The van der Waals surface area contributed by atoms with Gasteiger partial charge in [-0.25, -0.2) is 0 Å². The van der Waals surface area contributed by atoms with Gasteiger partial charge in [-0.05, 0) is 29.7 Å². The summed E-state index contributed by atoms with van der Waals surface area (Å²) >= 11 is 0. The van der Waals surface area contributed by atoms with E-state index in [-0.39, 0.29) is 11.8 Å². The van der Waals surface area contributed by atoms with Gasteiger partial charge < -0.3 is 19.1 Å². The number of carbonyl (C=O) groups excluding carboxylic acids is 1. The Balaban J connectivity index is 2.02. The maximum atomic E-state index is 12.7. The number of fused-ring (bicyclic) bond motifs is 1. The number of amides is 1. The van der Waals surface area contributed by atoms with E-state index in [0.717, 1.165) is 16.8 Å². The molecule has 0 bridgehead atoms. The molecule has 1 amide bonds. The summed E-state index contributed by atoms with van der Waals surface area (Å²) in [4.78, 5) is 14.4. The lowest BCUT2D eigenvalue weighted by Gasteiger charge is -2.17. The molecule has 5 heteroatoms. The number of ether oxygens (including phenoxy) is 3. The van der Waals surface area contributed by atoms with Crippen molar-refractivity contribution in [2.24, 2.45) is 0 Å². The third-order valence-electron chi connectivity index (χ3n) is 4.51. The highest BCUT2D eigenvalue weighted by Crippen LogP contribution is 2.44. The number of hydrogen-bond donors (Lipinski definition) is 0. The van der Waals surface area contributed by atoms with Crippen molar-refractivity contribution in [1.29, 1.82) is 0 Å². The summed E-state index contributed by atoms with van der Waals surface area (Å²) in [5, 5.41) is 0. The molecule has 1 aliphatic rings.